The van der Waals surface area contributed by atoms with Crippen LogP contribution in [-0.4, -0.2) is 29.5 Å². The molecule has 0 aliphatic heterocycles. The lowest BCUT2D eigenvalue weighted by Crippen LogP contribution is -1.97. The average molecular weight is 340 g/mol. The number of pyridine rings is 1. The number of fused-ring (bicyclic) bond motifs is 2. The highest BCUT2D eigenvalue weighted by Crippen LogP contribution is 2.20. The van der Waals surface area contributed by atoms with E-state index in [9.17, 15) is 0 Å². The highest BCUT2D eigenvalue weighted by molar-refractivity contribution is 5.83. The molecule has 1 N–H and O–H groups in total. The highest BCUT2D eigenvalue weighted by atomic mass is 15.3. The van der Waals surface area contributed by atoms with Gasteiger partial charge in [-0.05, 0) is 36.2 Å². The van der Waals surface area contributed by atoms with Crippen molar-refractivity contribution in [3.8, 4) is 11.3 Å². The lowest BCUT2D eigenvalue weighted by atomic mass is 10.1. The summed E-state index contributed by atoms with van der Waals surface area (Å²) in [6, 6.07) is 14.2. The molecule has 5 rings (SSSR count). The second-order valence-corrected chi connectivity index (χ2v) is 6.17. The monoisotopic (exact) mass is 340 g/mol. The van der Waals surface area contributed by atoms with E-state index in [0.717, 1.165) is 35.4 Å². The van der Waals surface area contributed by atoms with Gasteiger partial charge in [-0.3, -0.25) is 4.98 Å². The predicted molar refractivity (Wildman–Crippen MR) is 99.7 cm³/mol. The molecule has 0 atom stereocenters. The fraction of sp³-hybridized carbons (Fsp3) is 0.100. The maximum atomic E-state index is 4.68. The number of hydrogen-bond acceptors (Lipinski definition) is 4. The van der Waals surface area contributed by atoms with E-state index in [4.69, 9.17) is 0 Å². The summed E-state index contributed by atoms with van der Waals surface area (Å²) < 4.78 is 1.81. The summed E-state index contributed by atoms with van der Waals surface area (Å²) in [5, 5.41) is 5.94. The van der Waals surface area contributed by atoms with Crippen molar-refractivity contribution >= 4 is 16.7 Å². The number of aromatic amines is 1. The van der Waals surface area contributed by atoms with Gasteiger partial charge in [-0.25, -0.2) is 4.98 Å². The Labute approximate surface area is 149 Å². The van der Waals surface area contributed by atoms with Crippen LogP contribution in [0, 0.1) is 0 Å². The van der Waals surface area contributed by atoms with Crippen LogP contribution in [0.3, 0.4) is 0 Å². The maximum Gasteiger partial charge on any atom is 0.252 e. The molecule has 4 heterocycles. The number of nitrogens with zero attached hydrogens (tertiary/aromatic N) is 5. The minimum Gasteiger partial charge on any atom is -0.361 e. The topological polar surface area (TPSA) is 71.8 Å². The van der Waals surface area contributed by atoms with Crippen molar-refractivity contribution in [3.05, 3.63) is 78.6 Å². The molecule has 0 unspecified atom stereocenters. The highest BCUT2D eigenvalue weighted by Gasteiger charge is 2.11. The first-order valence-electron chi connectivity index (χ1n) is 8.54. The van der Waals surface area contributed by atoms with Gasteiger partial charge in [-0.2, -0.15) is 9.50 Å². The van der Waals surface area contributed by atoms with Crippen molar-refractivity contribution in [3.63, 3.8) is 0 Å². The summed E-state index contributed by atoms with van der Waals surface area (Å²) >= 11 is 0. The van der Waals surface area contributed by atoms with Crippen LogP contribution in [0.5, 0.6) is 0 Å². The Morgan fingerprint density at radius 1 is 0.923 bits per heavy atom. The number of hydrogen-bond donors (Lipinski definition) is 1. The number of aromatic nitrogens is 6. The minimum absolute atomic E-state index is 0.619. The third-order valence-corrected chi connectivity index (χ3v) is 4.55. The Hall–Kier alpha value is -3.54. The van der Waals surface area contributed by atoms with E-state index in [1.54, 1.807) is 23.1 Å². The Balaban J connectivity index is 1.47. The van der Waals surface area contributed by atoms with Crippen molar-refractivity contribution in [1.82, 2.24) is 29.5 Å². The molecular weight excluding hydrogens is 324 g/mol. The largest absolute Gasteiger partial charge is 0.361 e. The maximum absolute atomic E-state index is 4.68. The number of H-pyrrole nitrogens is 1. The van der Waals surface area contributed by atoms with Gasteiger partial charge in [0.2, 0.25) is 0 Å². The molecule has 0 aliphatic rings. The quantitative estimate of drug-likeness (QED) is 0.544. The van der Waals surface area contributed by atoms with Gasteiger partial charge < -0.3 is 4.98 Å². The minimum atomic E-state index is 0.619. The standard InChI is InChI=1S/C20H16N6/c1-2-4-17-16(3-1)15(13-23-17)5-6-19-24-20-22-12-9-18(26(20)25-19)14-7-10-21-11-8-14/h1-4,7-13,23H,5-6H2. The summed E-state index contributed by atoms with van der Waals surface area (Å²) in [7, 11) is 0. The van der Waals surface area contributed by atoms with Crippen LogP contribution >= 0.6 is 0 Å². The number of aryl methyl sites for hydroxylation is 2. The number of nitrogens with one attached hydrogen (secondary N) is 1. The number of rotatable bonds is 4. The van der Waals surface area contributed by atoms with Crippen molar-refractivity contribution in [2.75, 3.05) is 0 Å². The zero-order valence-electron chi connectivity index (χ0n) is 14.0. The van der Waals surface area contributed by atoms with Crippen molar-refractivity contribution < 1.29 is 0 Å². The van der Waals surface area contributed by atoms with E-state index in [1.807, 2.05) is 24.3 Å². The van der Waals surface area contributed by atoms with E-state index in [0.29, 0.717) is 5.78 Å². The molecule has 6 nitrogen and oxygen atoms in total. The number of benzene rings is 1. The fourth-order valence-electron chi connectivity index (χ4n) is 3.27. The van der Waals surface area contributed by atoms with Gasteiger partial charge in [0.05, 0.1) is 5.69 Å². The second kappa shape index (κ2) is 6.07. The van der Waals surface area contributed by atoms with Crippen molar-refractivity contribution in [2.45, 2.75) is 12.8 Å². The Bertz CT molecular complexity index is 1190. The summed E-state index contributed by atoms with van der Waals surface area (Å²) in [4.78, 5) is 16.3. The summed E-state index contributed by atoms with van der Waals surface area (Å²) in [6.45, 7) is 0. The van der Waals surface area contributed by atoms with Crippen LogP contribution < -0.4 is 0 Å². The Morgan fingerprint density at radius 2 is 1.81 bits per heavy atom. The second-order valence-electron chi connectivity index (χ2n) is 6.17. The van der Waals surface area contributed by atoms with Crippen LogP contribution in [0.25, 0.3) is 27.9 Å². The normalized spacial score (nSPS) is 11.4. The number of para-hydroxylation sites is 1. The molecular formula is C20H16N6. The van der Waals surface area contributed by atoms with Gasteiger partial charge in [-0.1, -0.05) is 18.2 Å². The van der Waals surface area contributed by atoms with E-state index in [1.165, 1.54) is 10.9 Å². The van der Waals surface area contributed by atoms with Gasteiger partial charge in [0.15, 0.2) is 5.82 Å². The molecule has 4 aromatic heterocycles. The first kappa shape index (κ1) is 14.8. The first-order valence-corrected chi connectivity index (χ1v) is 8.54. The van der Waals surface area contributed by atoms with E-state index >= 15 is 0 Å². The molecule has 6 heteroatoms. The smallest absolute Gasteiger partial charge is 0.252 e. The van der Waals surface area contributed by atoms with E-state index in [2.05, 4.69) is 49.4 Å². The average Bonchev–Trinajstić information content (AvgIpc) is 3.30. The van der Waals surface area contributed by atoms with Crippen LogP contribution in [-0.2, 0) is 12.8 Å². The zero-order chi connectivity index (χ0) is 17.3. The molecule has 126 valence electrons. The lowest BCUT2D eigenvalue weighted by molar-refractivity contribution is 0.840. The zero-order valence-corrected chi connectivity index (χ0v) is 14.0. The van der Waals surface area contributed by atoms with Gasteiger partial charge in [0.25, 0.3) is 5.78 Å². The third-order valence-electron chi connectivity index (χ3n) is 4.55. The van der Waals surface area contributed by atoms with E-state index < -0.39 is 0 Å². The van der Waals surface area contributed by atoms with E-state index in [-0.39, 0.29) is 0 Å². The molecule has 0 bridgehead atoms. The van der Waals surface area contributed by atoms with Crippen molar-refractivity contribution in [1.29, 1.82) is 0 Å². The Kier molecular flexibility index (Phi) is 3.45. The van der Waals surface area contributed by atoms with Crippen LogP contribution in [0.1, 0.15) is 11.4 Å². The van der Waals surface area contributed by atoms with Gasteiger partial charge in [0, 0.05) is 47.7 Å². The molecule has 0 radical (unpaired) electrons. The molecule has 0 aliphatic carbocycles. The molecule has 0 fully saturated rings. The molecule has 1 aromatic carbocycles. The summed E-state index contributed by atoms with van der Waals surface area (Å²) in [5.41, 5.74) is 4.44. The molecule has 0 amide bonds. The predicted octanol–water partition coefficient (Wildman–Crippen LogP) is 3.45. The lowest BCUT2D eigenvalue weighted by Gasteiger charge is -2.02. The van der Waals surface area contributed by atoms with Crippen LogP contribution in [0.2, 0.25) is 0 Å². The van der Waals surface area contributed by atoms with Gasteiger partial charge in [0.1, 0.15) is 0 Å². The molecule has 0 saturated carbocycles. The van der Waals surface area contributed by atoms with Crippen molar-refractivity contribution in [2.24, 2.45) is 0 Å². The fourth-order valence-corrected chi connectivity index (χ4v) is 3.27. The molecule has 0 saturated heterocycles. The third kappa shape index (κ3) is 2.52. The summed E-state index contributed by atoms with van der Waals surface area (Å²) in [5.74, 6) is 1.41. The van der Waals surface area contributed by atoms with Gasteiger partial charge in [-0.15, -0.1) is 5.10 Å². The SMILES string of the molecule is c1ccc2c(CCc3nc4nccc(-c5ccncc5)n4n3)c[nH]c2c1. The van der Waals surface area contributed by atoms with Crippen LogP contribution in [0.15, 0.2) is 67.3 Å². The van der Waals surface area contributed by atoms with Gasteiger partial charge >= 0.3 is 0 Å². The molecule has 0 spiro atoms. The molecule has 26 heavy (non-hydrogen) atoms. The Morgan fingerprint density at radius 3 is 2.73 bits per heavy atom. The summed E-state index contributed by atoms with van der Waals surface area (Å²) in [6.07, 6.45) is 9.03. The van der Waals surface area contributed by atoms with Crippen LogP contribution in [0.4, 0.5) is 0 Å². The first-order chi connectivity index (χ1) is 12.9. The molecule has 5 aromatic rings.